The van der Waals surface area contributed by atoms with Gasteiger partial charge in [0.15, 0.2) is 6.29 Å². The van der Waals surface area contributed by atoms with E-state index in [0.717, 1.165) is 6.61 Å². The first kappa shape index (κ1) is 10.5. The van der Waals surface area contributed by atoms with Crippen LogP contribution in [0, 0.1) is 0 Å². The molecule has 0 aliphatic heterocycles. The van der Waals surface area contributed by atoms with Crippen LogP contribution in [0.2, 0.25) is 0 Å². The topological polar surface area (TPSA) is 27.7 Å². The second-order valence-corrected chi connectivity index (χ2v) is 1.94. The Morgan fingerprint density at radius 3 is 2.73 bits per heavy atom. The highest BCUT2D eigenvalue weighted by Crippen LogP contribution is 1.92. The minimum absolute atomic E-state index is 0.229. The van der Waals surface area contributed by atoms with E-state index in [-0.39, 0.29) is 6.29 Å². The van der Waals surface area contributed by atoms with Crippen molar-refractivity contribution >= 4 is 0 Å². The molecule has 3 nitrogen and oxygen atoms in total. The van der Waals surface area contributed by atoms with Crippen LogP contribution in [0.3, 0.4) is 0 Å². The molecule has 0 aromatic heterocycles. The predicted molar refractivity (Wildman–Crippen MR) is 43.2 cm³/mol. The Morgan fingerprint density at radius 1 is 1.45 bits per heavy atom. The SMILES string of the molecule is C=COC(C)OCCOCC. The summed E-state index contributed by atoms with van der Waals surface area (Å²) in [5.41, 5.74) is 0. The van der Waals surface area contributed by atoms with E-state index in [0.29, 0.717) is 13.2 Å². The summed E-state index contributed by atoms with van der Waals surface area (Å²) in [5.74, 6) is 0. The highest BCUT2D eigenvalue weighted by atomic mass is 16.7. The van der Waals surface area contributed by atoms with Gasteiger partial charge in [0.05, 0.1) is 19.5 Å². The van der Waals surface area contributed by atoms with Gasteiger partial charge in [-0.05, 0) is 13.8 Å². The largest absolute Gasteiger partial charge is 0.473 e. The maximum atomic E-state index is 5.17. The molecule has 66 valence electrons. The molecular formula is C8H16O3. The van der Waals surface area contributed by atoms with Gasteiger partial charge in [0.2, 0.25) is 0 Å². The minimum atomic E-state index is -0.229. The number of hydrogen-bond donors (Lipinski definition) is 0. The molecule has 11 heavy (non-hydrogen) atoms. The van der Waals surface area contributed by atoms with Gasteiger partial charge in [-0.15, -0.1) is 0 Å². The van der Waals surface area contributed by atoms with Crippen molar-refractivity contribution in [1.29, 1.82) is 0 Å². The molecule has 0 amide bonds. The zero-order valence-corrected chi connectivity index (χ0v) is 7.21. The van der Waals surface area contributed by atoms with Crippen LogP contribution in [-0.2, 0) is 14.2 Å². The van der Waals surface area contributed by atoms with Crippen molar-refractivity contribution in [2.24, 2.45) is 0 Å². The van der Waals surface area contributed by atoms with Crippen LogP contribution in [0.5, 0.6) is 0 Å². The van der Waals surface area contributed by atoms with Gasteiger partial charge in [-0.1, -0.05) is 6.58 Å². The molecule has 0 heterocycles. The molecule has 0 aromatic carbocycles. The Balaban J connectivity index is 3.03. The summed E-state index contributed by atoms with van der Waals surface area (Å²) in [6.07, 6.45) is 1.14. The third-order valence-electron chi connectivity index (χ3n) is 1.07. The van der Waals surface area contributed by atoms with Gasteiger partial charge < -0.3 is 14.2 Å². The van der Waals surface area contributed by atoms with E-state index < -0.39 is 0 Å². The van der Waals surface area contributed by atoms with Crippen LogP contribution in [0.1, 0.15) is 13.8 Å². The first-order chi connectivity index (χ1) is 5.31. The smallest absolute Gasteiger partial charge is 0.196 e. The third-order valence-corrected chi connectivity index (χ3v) is 1.07. The lowest BCUT2D eigenvalue weighted by Gasteiger charge is -2.11. The molecule has 0 radical (unpaired) electrons. The fraction of sp³-hybridized carbons (Fsp3) is 0.750. The molecule has 3 heteroatoms. The van der Waals surface area contributed by atoms with Crippen molar-refractivity contribution in [3.8, 4) is 0 Å². The molecular weight excluding hydrogens is 144 g/mol. The van der Waals surface area contributed by atoms with E-state index in [1.165, 1.54) is 6.26 Å². The van der Waals surface area contributed by atoms with Crippen molar-refractivity contribution < 1.29 is 14.2 Å². The molecule has 0 saturated heterocycles. The number of ether oxygens (including phenoxy) is 3. The zero-order chi connectivity index (χ0) is 8.53. The lowest BCUT2D eigenvalue weighted by Crippen LogP contribution is -2.13. The molecule has 0 aliphatic carbocycles. The first-order valence-corrected chi connectivity index (χ1v) is 3.77. The minimum Gasteiger partial charge on any atom is -0.473 e. The van der Waals surface area contributed by atoms with Gasteiger partial charge in [-0.25, -0.2) is 0 Å². The van der Waals surface area contributed by atoms with Crippen LogP contribution >= 0.6 is 0 Å². The van der Waals surface area contributed by atoms with E-state index in [4.69, 9.17) is 14.2 Å². The van der Waals surface area contributed by atoms with Crippen molar-refractivity contribution in [1.82, 2.24) is 0 Å². The first-order valence-electron chi connectivity index (χ1n) is 3.77. The Labute approximate surface area is 67.9 Å². The summed E-state index contributed by atoms with van der Waals surface area (Å²) >= 11 is 0. The quantitative estimate of drug-likeness (QED) is 0.321. The summed E-state index contributed by atoms with van der Waals surface area (Å²) in [4.78, 5) is 0. The van der Waals surface area contributed by atoms with Gasteiger partial charge in [0.1, 0.15) is 0 Å². The average molecular weight is 160 g/mol. The van der Waals surface area contributed by atoms with E-state index in [2.05, 4.69) is 6.58 Å². The molecule has 0 saturated carbocycles. The Kier molecular flexibility index (Phi) is 7.19. The summed E-state index contributed by atoms with van der Waals surface area (Å²) in [6.45, 7) is 9.07. The van der Waals surface area contributed by atoms with Gasteiger partial charge in [0.25, 0.3) is 0 Å². The fourth-order valence-electron chi connectivity index (χ4n) is 0.592. The third kappa shape index (κ3) is 7.36. The van der Waals surface area contributed by atoms with Gasteiger partial charge in [0, 0.05) is 6.61 Å². The highest BCUT2D eigenvalue weighted by molar-refractivity contribution is 4.49. The monoisotopic (exact) mass is 160 g/mol. The molecule has 0 rings (SSSR count). The maximum absolute atomic E-state index is 5.17. The zero-order valence-electron chi connectivity index (χ0n) is 7.21. The molecule has 0 bridgehead atoms. The summed E-state index contributed by atoms with van der Waals surface area (Å²) in [5, 5.41) is 0. The van der Waals surface area contributed by atoms with Crippen LogP contribution < -0.4 is 0 Å². The van der Waals surface area contributed by atoms with Crippen LogP contribution in [0.4, 0.5) is 0 Å². The molecule has 0 fully saturated rings. The summed E-state index contributed by atoms with van der Waals surface area (Å²) in [6, 6.07) is 0. The Hall–Kier alpha value is -0.540. The lowest BCUT2D eigenvalue weighted by molar-refractivity contribution is -0.105. The Morgan fingerprint density at radius 2 is 2.18 bits per heavy atom. The van der Waals surface area contributed by atoms with E-state index in [1.54, 1.807) is 0 Å². The normalized spacial score (nSPS) is 12.5. The predicted octanol–water partition coefficient (Wildman–Crippen LogP) is 1.55. The highest BCUT2D eigenvalue weighted by Gasteiger charge is 1.97. The van der Waals surface area contributed by atoms with E-state index >= 15 is 0 Å². The second-order valence-electron chi connectivity index (χ2n) is 1.94. The lowest BCUT2D eigenvalue weighted by atomic mass is 10.7. The second kappa shape index (κ2) is 7.57. The summed E-state index contributed by atoms with van der Waals surface area (Å²) < 4.78 is 15.1. The molecule has 1 atom stereocenters. The molecule has 1 unspecified atom stereocenters. The van der Waals surface area contributed by atoms with Crippen LogP contribution in [0.15, 0.2) is 12.8 Å². The molecule has 0 spiro atoms. The van der Waals surface area contributed by atoms with E-state index in [1.807, 2.05) is 13.8 Å². The van der Waals surface area contributed by atoms with Crippen LogP contribution in [0.25, 0.3) is 0 Å². The molecule has 0 aliphatic rings. The Bertz CT molecular complexity index is 93.3. The van der Waals surface area contributed by atoms with Crippen molar-refractivity contribution in [2.45, 2.75) is 20.1 Å². The standard InChI is InChI=1S/C8H16O3/c1-4-9-6-7-11-8(3)10-5-2/h5,8H,2,4,6-7H2,1,3H3. The van der Waals surface area contributed by atoms with Gasteiger partial charge >= 0.3 is 0 Å². The summed E-state index contributed by atoms with van der Waals surface area (Å²) in [7, 11) is 0. The van der Waals surface area contributed by atoms with Crippen molar-refractivity contribution in [2.75, 3.05) is 19.8 Å². The number of rotatable bonds is 7. The van der Waals surface area contributed by atoms with Crippen molar-refractivity contribution in [3.05, 3.63) is 12.8 Å². The average Bonchev–Trinajstić information content (AvgIpc) is 1.99. The molecule has 0 N–H and O–H groups in total. The maximum Gasteiger partial charge on any atom is 0.196 e. The number of hydrogen-bond acceptors (Lipinski definition) is 3. The van der Waals surface area contributed by atoms with Crippen molar-refractivity contribution in [3.63, 3.8) is 0 Å². The fourth-order valence-corrected chi connectivity index (χ4v) is 0.592. The van der Waals surface area contributed by atoms with Gasteiger partial charge in [-0.3, -0.25) is 0 Å². The van der Waals surface area contributed by atoms with E-state index in [9.17, 15) is 0 Å². The van der Waals surface area contributed by atoms with Gasteiger partial charge in [-0.2, -0.15) is 0 Å². The molecule has 0 aromatic rings. The van der Waals surface area contributed by atoms with Crippen LogP contribution in [-0.4, -0.2) is 26.1 Å².